The largest absolute Gasteiger partial charge is 0.870 e. The molecule has 0 rings (SSSR count). The molecule has 0 radical (unpaired) electrons. The fourth-order valence-electron chi connectivity index (χ4n) is 2.72. The van der Waals surface area contributed by atoms with E-state index in [4.69, 9.17) is 0 Å². The van der Waals surface area contributed by atoms with Crippen molar-refractivity contribution in [1.29, 1.82) is 0 Å². The molecule has 0 bridgehead atoms. The Morgan fingerprint density at radius 3 is 1.25 bits per heavy atom. The summed E-state index contributed by atoms with van der Waals surface area (Å²) in [5.41, 5.74) is 0. The first-order valence-corrected chi connectivity index (χ1v) is 8.81. The minimum atomic E-state index is 0. The summed E-state index contributed by atoms with van der Waals surface area (Å²) in [6, 6.07) is 0. The summed E-state index contributed by atoms with van der Waals surface area (Å²) in [4.78, 5) is 0. The molecule has 0 saturated carbocycles. The van der Waals surface area contributed by atoms with E-state index in [2.05, 4.69) is 41.5 Å². The monoisotopic (exact) mass is 287 g/mol. The van der Waals surface area contributed by atoms with Gasteiger partial charge in [-0.2, -0.15) is 0 Å². The van der Waals surface area contributed by atoms with Gasteiger partial charge in [0.15, 0.2) is 0 Å². The fourth-order valence-corrected chi connectivity index (χ4v) is 2.72. The molecule has 0 spiro atoms. The fraction of sp³-hybridized carbons (Fsp3) is 1.00. The van der Waals surface area contributed by atoms with Crippen LogP contribution < -0.4 is 0 Å². The first kappa shape index (κ1) is 22.2. The number of hydrogen-bond donors (Lipinski definition) is 0. The molecule has 0 aromatic carbocycles. The van der Waals surface area contributed by atoms with Crippen molar-refractivity contribution >= 4 is 0 Å². The van der Waals surface area contributed by atoms with E-state index < -0.39 is 0 Å². The second kappa shape index (κ2) is 12.6. The van der Waals surface area contributed by atoms with Crippen LogP contribution in [0.4, 0.5) is 0 Å². The van der Waals surface area contributed by atoms with Crippen molar-refractivity contribution in [3.63, 3.8) is 0 Å². The van der Waals surface area contributed by atoms with Crippen molar-refractivity contribution < 1.29 is 9.96 Å². The zero-order valence-electron chi connectivity index (χ0n) is 15.1. The Labute approximate surface area is 128 Å². The highest BCUT2D eigenvalue weighted by Gasteiger charge is 2.26. The Bertz CT molecular complexity index is 180. The first-order chi connectivity index (χ1) is 8.95. The molecular weight excluding hydrogens is 246 g/mol. The van der Waals surface area contributed by atoms with Gasteiger partial charge < -0.3 is 9.96 Å². The van der Waals surface area contributed by atoms with Crippen LogP contribution in [0.2, 0.25) is 0 Å². The standard InChI is InChI=1S/C18H40N.H2O/c1-7-9-13-19(14-10-8-2,15-11-17(3)4)16-12-18(5)6;/h17-18H,7-16H2,1-6H3;1H2/q+1;/p-1. The molecule has 2 heteroatoms. The maximum atomic E-state index is 2.37. The molecule has 0 fully saturated rings. The lowest BCUT2D eigenvalue weighted by atomic mass is 10.0. The van der Waals surface area contributed by atoms with E-state index in [9.17, 15) is 0 Å². The summed E-state index contributed by atoms with van der Waals surface area (Å²) in [5, 5.41) is 0. The summed E-state index contributed by atoms with van der Waals surface area (Å²) in [7, 11) is 0. The van der Waals surface area contributed by atoms with Gasteiger partial charge in [0.2, 0.25) is 0 Å². The van der Waals surface area contributed by atoms with Crippen LogP contribution in [0, 0.1) is 11.8 Å². The maximum absolute atomic E-state index is 2.37. The zero-order chi connectivity index (χ0) is 14.7. The predicted molar refractivity (Wildman–Crippen MR) is 90.4 cm³/mol. The van der Waals surface area contributed by atoms with Gasteiger partial charge in [0, 0.05) is 0 Å². The smallest absolute Gasteiger partial charge is 0.0789 e. The summed E-state index contributed by atoms with van der Waals surface area (Å²) >= 11 is 0. The van der Waals surface area contributed by atoms with Gasteiger partial charge in [0.05, 0.1) is 26.2 Å². The van der Waals surface area contributed by atoms with Crippen molar-refractivity contribution in [2.75, 3.05) is 26.2 Å². The average molecular weight is 288 g/mol. The third kappa shape index (κ3) is 10.7. The Morgan fingerprint density at radius 1 is 0.650 bits per heavy atom. The predicted octanol–water partition coefficient (Wildman–Crippen LogP) is 5.32. The Hall–Kier alpha value is -0.0800. The number of rotatable bonds is 12. The van der Waals surface area contributed by atoms with Crippen molar-refractivity contribution in [2.45, 2.75) is 80.1 Å². The van der Waals surface area contributed by atoms with Crippen LogP contribution in [0.3, 0.4) is 0 Å². The van der Waals surface area contributed by atoms with Gasteiger partial charge in [0.25, 0.3) is 0 Å². The summed E-state index contributed by atoms with van der Waals surface area (Å²) in [6.07, 6.45) is 8.28. The second-order valence-corrected chi connectivity index (χ2v) is 7.31. The molecule has 124 valence electrons. The number of unbranched alkanes of at least 4 members (excludes halogenated alkanes) is 2. The summed E-state index contributed by atoms with van der Waals surface area (Å²) in [6.45, 7) is 19.8. The van der Waals surface area contributed by atoms with E-state index in [0.29, 0.717) is 0 Å². The summed E-state index contributed by atoms with van der Waals surface area (Å²) < 4.78 is 1.40. The molecule has 0 aromatic rings. The lowest BCUT2D eigenvalue weighted by molar-refractivity contribution is -0.929. The molecule has 0 aliphatic carbocycles. The highest BCUT2D eigenvalue weighted by Crippen LogP contribution is 2.19. The van der Waals surface area contributed by atoms with Crippen LogP contribution in [-0.2, 0) is 0 Å². The van der Waals surface area contributed by atoms with Crippen LogP contribution in [0.1, 0.15) is 80.1 Å². The number of nitrogens with zero attached hydrogens (tertiary/aromatic N) is 1. The highest BCUT2D eigenvalue weighted by atomic mass is 16.0. The van der Waals surface area contributed by atoms with E-state index in [0.717, 1.165) is 11.8 Å². The van der Waals surface area contributed by atoms with Crippen LogP contribution in [0.5, 0.6) is 0 Å². The van der Waals surface area contributed by atoms with Crippen LogP contribution in [-0.4, -0.2) is 36.1 Å². The van der Waals surface area contributed by atoms with Crippen LogP contribution in [0.15, 0.2) is 0 Å². The van der Waals surface area contributed by atoms with Gasteiger partial charge in [-0.3, -0.25) is 0 Å². The number of hydrogen-bond acceptors (Lipinski definition) is 1. The average Bonchev–Trinajstić information content (AvgIpc) is 2.37. The van der Waals surface area contributed by atoms with E-state index in [1.807, 2.05) is 0 Å². The van der Waals surface area contributed by atoms with Gasteiger partial charge in [0.1, 0.15) is 0 Å². The lowest BCUT2D eigenvalue weighted by Crippen LogP contribution is -2.51. The normalized spacial score (nSPS) is 12.0. The van der Waals surface area contributed by atoms with E-state index in [1.54, 1.807) is 0 Å². The first-order valence-electron chi connectivity index (χ1n) is 8.81. The molecule has 2 nitrogen and oxygen atoms in total. The van der Waals surface area contributed by atoms with Gasteiger partial charge in [-0.05, 0) is 37.5 Å². The quantitative estimate of drug-likeness (QED) is 0.447. The van der Waals surface area contributed by atoms with Gasteiger partial charge >= 0.3 is 0 Å². The molecule has 20 heavy (non-hydrogen) atoms. The highest BCUT2D eigenvalue weighted by molar-refractivity contribution is 4.53. The van der Waals surface area contributed by atoms with Gasteiger partial charge in [-0.25, -0.2) is 0 Å². The molecule has 0 heterocycles. The number of quaternary nitrogens is 1. The Balaban J connectivity index is 0. The van der Waals surface area contributed by atoms with Crippen LogP contribution in [0.25, 0.3) is 0 Å². The second-order valence-electron chi connectivity index (χ2n) is 7.31. The topological polar surface area (TPSA) is 30.0 Å². The van der Waals surface area contributed by atoms with Crippen molar-refractivity contribution in [3.8, 4) is 0 Å². The van der Waals surface area contributed by atoms with Crippen molar-refractivity contribution in [3.05, 3.63) is 0 Å². The molecule has 0 unspecified atom stereocenters. The molecule has 0 amide bonds. The molecule has 0 saturated heterocycles. The zero-order valence-corrected chi connectivity index (χ0v) is 15.1. The molecule has 0 aliphatic rings. The van der Waals surface area contributed by atoms with Crippen LogP contribution >= 0.6 is 0 Å². The lowest BCUT2D eigenvalue weighted by Gasteiger charge is -2.40. The molecule has 0 atom stereocenters. The SMILES string of the molecule is CCCC[N+](CCCC)(CCC(C)C)CCC(C)C.[OH-]. The van der Waals surface area contributed by atoms with Gasteiger partial charge in [-0.15, -0.1) is 0 Å². The van der Waals surface area contributed by atoms with Gasteiger partial charge in [-0.1, -0.05) is 54.4 Å². The third-order valence-electron chi connectivity index (χ3n) is 4.33. The molecular formula is C18H41NO. The third-order valence-corrected chi connectivity index (χ3v) is 4.33. The van der Waals surface area contributed by atoms with E-state index in [-0.39, 0.29) is 5.48 Å². The minimum absolute atomic E-state index is 0. The Kier molecular flexibility index (Phi) is 14.0. The molecule has 0 aliphatic heterocycles. The van der Waals surface area contributed by atoms with Crippen molar-refractivity contribution in [2.24, 2.45) is 11.8 Å². The Morgan fingerprint density at radius 2 is 1.00 bits per heavy atom. The molecule has 0 aromatic heterocycles. The molecule has 1 N–H and O–H groups in total. The minimum Gasteiger partial charge on any atom is -0.870 e. The van der Waals surface area contributed by atoms with E-state index >= 15 is 0 Å². The van der Waals surface area contributed by atoms with E-state index in [1.165, 1.54) is 69.2 Å². The summed E-state index contributed by atoms with van der Waals surface area (Å²) in [5.74, 6) is 1.69. The van der Waals surface area contributed by atoms with Crippen molar-refractivity contribution in [1.82, 2.24) is 0 Å². The maximum Gasteiger partial charge on any atom is 0.0789 e.